The highest BCUT2D eigenvalue weighted by molar-refractivity contribution is 7.89. The van der Waals surface area contributed by atoms with E-state index in [0.29, 0.717) is 48.6 Å². The Balaban J connectivity index is 1.28. The number of aromatic nitrogens is 2. The van der Waals surface area contributed by atoms with Crippen LogP contribution in [0.25, 0.3) is 21.8 Å². The topological polar surface area (TPSA) is 96.5 Å². The highest BCUT2D eigenvalue weighted by Crippen LogP contribution is 2.27. The summed E-state index contributed by atoms with van der Waals surface area (Å²) in [4.78, 5) is 9.26. The van der Waals surface area contributed by atoms with Gasteiger partial charge in [-0.15, -0.1) is 0 Å². The zero-order valence-electron chi connectivity index (χ0n) is 24.9. The summed E-state index contributed by atoms with van der Waals surface area (Å²) in [7, 11) is -2.24. The van der Waals surface area contributed by atoms with E-state index in [0.717, 1.165) is 39.2 Å². The number of anilines is 2. The molecular formula is C33H35ClFN5O3S. The van der Waals surface area contributed by atoms with Gasteiger partial charge in [-0.2, -0.15) is 4.31 Å². The van der Waals surface area contributed by atoms with Crippen molar-refractivity contribution in [1.29, 1.82) is 0 Å². The largest absolute Gasteiger partial charge is 0.497 e. The van der Waals surface area contributed by atoms with Gasteiger partial charge in [-0.05, 0) is 99.5 Å². The summed E-state index contributed by atoms with van der Waals surface area (Å²) >= 11 is 6.25. The maximum absolute atomic E-state index is 13.9. The summed E-state index contributed by atoms with van der Waals surface area (Å²) in [5.41, 5.74) is 4.86. The van der Waals surface area contributed by atoms with Gasteiger partial charge in [-0.25, -0.2) is 12.8 Å². The van der Waals surface area contributed by atoms with Gasteiger partial charge in [0.2, 0.25) is 10.0 Å². The molecule has 2 heterocycles. The van der Waals surface area contributed by atoms with Crippen LogP contribution in [0.1, 0.15) is 24.2 Å². The fourth-order valence-electron chi connectivity index (χ4n) is 5.15. The van der Waals surface area contributed by atoms with Crippen molar-refractivity contribution in [1.82, 2.24) is 14.3 Å². The minimum atomic E-state index is -3.78. The Hall–Kier alpha value is -3.99. The highest BCUT2D eigenvalue weighted by atomic mass is 35.5. The van der Waals surface area contributed by atoms with E-state index >= 15 is 0 Å². The molecule has 0 amide bonds. The molecule has 2 N–H and O–H groups in total. The molecule has 0 radical (unpaired) electrons. The van der Waals surface area contributed by atoms with E-state index in [4.69, 9.17) is 16.3 Å². The second-order valence-electron chi connectivity index (χ2n) is 10.6. The quantitative estimate of drug-likeness (QED) is 0.132. The molecule has 8 nitrogen and oxygen atoms in total. The summed E-state index contributed by atoms with van der Waals surface area (Å²) in [5, 5.41) is 8.98. The number of methoxy groups -OCH3 is 1. The number of nitrogens with zero attached hydrogens (tertiary/aromatic N) is 3. The number of hydrogen-bond donors (Lipinski definition) is 2. The maximum atomic E-state index is 13.9. The van der Waals surface area contributed by atoms with Gasteiger partial charge < -0.3 is 15.4 Å². The molecule has 0 aliphatic carbocycles. The van der Waals surface area contributed by atoms with E-state index in [9.17, 15) is 12.8 Å². The van der Waals surface area contributed by atoms with Gasteiger partial charge in [-0.3, -0.25) is 9.97 Å². The number of rotatable bonds is 13. The van der Waals surface area contributed by atoms with E-state index in [2.05, 4.69) is 20.6 Å². The predicted molar refractivity (Wildman–Crippen MR) is 176 cm³/mol. The molecule has 0 saturated heterocycles. The fourth-order valence-corrected chi connectivity index (χ4v) is 6.81. The predicted octanol–water partition coefficient (Wildman–Crippen LogP) is 7.20. The molecule has 2 aromatic heterocycles. The lowest BCUT2D eigenvalue weighted by Crippen LogP contribution is -2.36. The number of unbranched alkanes of at least 4 members (excludes halogenated alkanes) is 1. The maximum Gasteiger partial charge on any atom is 0.243 e. The molecule has 0 atom stereocenters. The van der Waals surface area contributed by atoms with Crippen LogP contribution >= 0.6 is 11.6 Å². The summed E-state index contributed by atoms with van der Waals surface area (Å²) in [6.45, 7) is 5.36. The molecule has 0 unspecified atom stereocenters. The normalized spacial score (nSPS) is 11.8. The molecular weight excluding hydrogens is 601 g/mol. The summed E-state index contributed by atoms with van der Waals surface area (Å²) in [5.74, 6) is 0.262. The minimum Gasteiger partial charge on any atom is -0.497 e. The van der Waals surface area contributed by atoms with Crippen LogP contribution in [0.2, 0.25) is 5.02 Å². The number of fused-ring (bicyclic) bond motifs is 2. The van der Waals surface area contributed by atoms with Gasteiger partial charge in [0.1, 0.15) is 11.6 Å². The van der Waals surface area contributed by atoms with Crippen LogP contribution in [-0.2, 0) is 10.0 Å². The standard InChI is InChI=1S/C33H35ClFN5O3S/c1-22-18-32(28-20-24(34)6-12-30(28)38-22)37-15-17-40(44(41,42)27-10-8-26(43-3)9-11-27)16-5-4-14-36-33-19-23(2)39-31-13-7-25(35)21-29(31)33/h6-13,18-21H,4-5,14-17H2,1-3H3,(H,36,39)(H,37,38). The van der Waals surface area contributed by atoms with E-state index in [1.807, 2.05) is 38.1 Å². The molecule has 5 rings (SSSR count). The van der Waals surface area contributed by atoms with E-state index in [1.165, 1.54) is 16.4 Å². The van der Waals surface area contributed by atoms with Crippen LogP contribution in [0.15, 0.2) is 77.7 Å². The summed E-state index contributed by atoms with van der Waals surface area (Å²) in [6, 6.07) is 20.3. The lowest BCUT2D eigenvalue weighted by Gasteiger charge is -2.23. The van der Waals surface area contributed by atoms with Crippen molar-refractivity contribution in [2.24, 2.45) is 0 Å². The van der Waals surface area contributed by atoms with Gasteiger partial charge in [-0.1, -0.05) is 11.6 Å². The molecule has 0 aliphatic heterocycles. The van der Waals surface area contributed by atoms with Crippen molar-refractivity contribution in [3.05, 3.63) is 95.0 Å². The first-order valence-electron chi connectivity index (χ1n) is 14.4. The Morgan fingerprint density at radius 2 is 1.41 bits per heavy atom. The van der Waals surface area contributed by atoms with Crippen LogP contribution in [0, 0.1) is 19.7 Å². The molecule has 11 heteroatoms. The van der Waals surface area contributed by atoms with Gasteiger partial charge in [0.25, 0.3) is 0 Å². The molecule has 0 spiro atoms. The summed E-state index contributed by atoms with van der Waals surface area (Å²) < 4.78 is 48.2. The lowest BCUT2D eigenvalue weighted by molar-refractivity contribution is 0.409. The number of benzene rings is 3. The van der Waals surface area contributed by atoms with Crippen molar-refractivity contribution in [3.63, 3.8) is 0 Å². The Morgan fingerprint density at radius 3 is 2.07 bits per heavy atom. The van der Waals surface area contributed by atoms with Gasteiger partial charge in [0.15, 0.2) is 0 Å². The highest BCUT2D eigenvalue weighted by Gasteiger charge is 2.24. The van der Waals surface area contributed by atoms with Gasteiger partial charge >= 0.3 is 0 Å². The number of hydrogen-bond acceptors (Lipinski definition) is 7. The monoisotopic (exact) mass is 635 g/mol. The third-order valence-corrected chi connectivity index (χ3v) is 9.47. The van der Waals surface area contributed by atoms with E-state index < -0.39 is 10.0 Å². The second kappa shape index (κ2) is 13.8. The molecule has 44 heavy (non-hydrogen) atoms. The van der Waals surface area contributed by atoms with Crippen molar-refractivity contribution < 1.29 is 17.5 Å². The van der Waals surface area contributed by atoms with Gasteiger partial charge in [0.05, 0.1) is 23.0 Å². The fraction of sp³-hybridized carbons (Fsp3) is 0.273. The molecule has 0 bridgehead atoms. The SMILES string of the molecule is COc1ccc(S(=O)(=O)N(CCCCNc2cc(C)nc3ccc(F)cc23)CCNc2cc(C)nc3ccc(Cl)cc23)cc1. The Bertz CT molecular complexity index is 1890. The number of pyridine rings is 2. The van der Waals surface area contributed by atoms with Crippen molar-refractivity contribution in [3.8, 4) is 5.75 Å². The van der Waals surface area contributed by atoms with Crippen molar-refractivity contribution >= 4 is 54.8 Å². The first-order valence-corrected chi connectivity index (χ1v) is 16.2. The third-order valence-electron chi connectivity index (χ3n) is 7.32. The van der Waals surface area contributed by atoms with Crippen LogP contribution in [0.3, 0.4) is 0 Å². The smallest absolute Gasteiger partial charge is 0.243 e. The molecule has 5 aromatic rings. The number of halogens is 2. The molecule has 230 valence electrons. The molecule has 0 saturated carbocycles. The van der Waals surface area contributed by atoms with Crippen LogP contribution in [0.4, 0.5) is 15.8 Å². The Kier molecular flexibility index (Phi) is 9.83. The minimum absolute atomic E-state index is 0.203. The Morgan fingerprint density at radius 1 is 0.795 bits per heavy atom. The average Bonchev–Trinajstić information content (AvgIpc) is 3.00. The molecule has 0 aliphatic rings. The zero-order valence-corrected chi connectivity index (χ0v) is 26.5. The number of sulfonamides is 1. The van der Waals surface area contributed by atoms with Crippen LogP contribution in [0.5, 0.6) is 5.75 Å². The van der Waals surface area contributed by atoms with Crippen molar-refractivity contribution in [2.45, 2.75) is 31.6 Å². The average molecular weight is 636 g/mol. The van der Waals surface area contributed by atoms with Crippen molar-refractivity contribution in [2.75, 3.05) is 43.9 Å². The molecule has 0 fully saturated rings. The van der Waals surface area contributed by atoms with E-state index in [-0.39, 0.29) is 17.3 Å². The lowest BCUT2D eigenvalue weighted by atomic mass is 10.1. The third kappa shape index (κ3) is 7.38. The van der Waals surface area contributed by atoms with Crippen LogP contribution < -0.4 is 15.4 Å². The number of nitrogens with one attached hydrogen (secondary N) is 2. The zero-order chi connectivity index (χ0) is 31.3. The molecule has 3 aromatic carbocycles. The number of aryl methyl sites for hydroxylation is 2. The van der Waals surface area contributed by atoms with Crippen LogP contribution in [-0.4, -0.2) is 56.0 Å². The summed E-state index contributed by atoms with van der Waals surface area (Å²) in [6.07, 6.45) is 1.32. The first kappa shape index (κ1) is 31.4. The second-order valence-corrected chi connectivity index (χ2v) is 13.0. The van der Waals surface area contributed by atoms with E-state index in [1.54, 1.807) is 43.5 Å². The Labute approximate surface area is 262 Å². The first-order chi connectivity index (χ1) is 21.1. The van der Waals surface area contributed by atoms with Gasteiger partial charge in [0, 0.05) is 64.7 Å². The number of ether oxygens (including phenoxy) is 1.